The minimum Gasteiger partial charge on any atom is -0.311 e. The predicted octanol–water partition coefficient (Wildman–Crippen LogP) is 18.5. The van der Waals surface area contributed by atoms with Crippen LogP contribution >= 0.6 is 0 Å². The Hall–Kier alpha value is -8.78. The fourth-order valence-corrected chi connectivity index (χ4v) is 12.8. The van der Waals surface area contributed by atoms with E-state index in [0.717, 1.165) is 17.1 Å². The maximum absolute atomic E-state index is 2.40. The third-order valence-corrected chi connectivity index (χ3v) is 15.9. The fourth-order valence-electron chi connectivity index (χ4n) is 12.8. The highest BCUT2D eigenvalue weighted by atomic mass is 15.1. The number of hydrogen-bond acceptors (Lipinski definition) is 1. The lowest BCUT2D eigenvalue weighted by Gasteiger charge is -2.30. The minimum absolute atomic E-state index is 0.0542. The molecule has 14 rings (SSSR count). The molecule has 334 valence electrons. The van der Waals surface area contributed by atoms with Crippen molar-refractivity contribution in [2.24, 2.45) is 0 Å². The van der Waals surface area contributed by atoms with E-state index in [2.05, 4.69) is 280 Å². The fraction of sp³-hybridized carbons (Fsp3) is 0.0571. The summed E-state index contributed by atoms with van der Waals surface area (Å²) < 4.78 is 0. The lowest BCUT2D eigenvalue weighted by molar-refractivity contribution is 0.660. The van der Waals surface area contributed by atoms with Crippen molar-refractivity contribution >= 4 is 17.1 Å². The summed E-state index contributed by atoms with van der Waals surface area (Å²) in [7, 11) is 0. The molecule has 0 aromatic heterocycles. The molecule has 1 spiro atoms. The molecule has 11 aromatic carbocycles. The number of rotatable bonds is 7. The van der Waals surface area contributed by atoms with Gasteiger partial charge in [0.05, 0.1) is 5.41 Å². The van der Waals surface area contributed by atoms with Gasteiger partial charge in [0, 0.05) is 22.5 Å². The lowest BCUT2D eigenvalue weighted by atomic mass is 9.70. The molecule has 0 fully saturated rings. The molecule has 0 N–H and O–H groups in total. The average Bonchev–Trinajstić information content (AvgIpc) is 4.01. The van der Waals surface area contributed by atoms with E-state index in [9.17, 15) is 0 Å². The molecule has 0 bridgehead atoms. The van der Waals surface area contributed by atoms with Gasteiger partial charge in [-0.2, -0.15) is 0 Å². The molecule has 0 saturated carbocycles. The van der Waals surface area contributed by atoms with Crippen LogP contribution in [0, 0.1) is 0 Å². The van der Waals surface area contributed by atoms with Crippen LogP contribution < -0.4 is 4.90 Å². The number of benzene rings is 11. The molecular weight excluding hydrogens is 855 g/mol. The Bertz CT molecular complexity index is 3860. The van der Waals surface area contributed by atoms with Crippen molar-refractivity contribution in [2.45, 2.75) is 24.7 Å². The summed E-state index contributed by atoms with van der Waals surface area (Å²) in [4.78, 5) is 2.40. The van der Waals surface area contributed by atoms with Gasteiger partial charge in [0.1, 0.15) is 0 Å². The van der Waals surface area contributed by atoms with Crippen LogP contribution in [-0.4, -0.2) is 0 Å². The largest absolute Gasteiger partial charge is 0.311 e. The van der Waals surface area contributed by atoms with Gasteiger partial charge in [0.25, 0.3) is 0 Å². The Kier molecular flexibility index (Phi) is 9.22. The van der Waals surface area contributed by atoms with Crippen LogP contribution in [0.25, 0.3) is 77.9 Å². The van der Waals surface area contributed by atoms with E-state index in [4.69, 9.17) is 0 Å². The molecule has 3 aliphatic carbocycles. The van der Waals surface area contributed by atoms with Crippen LogP contribution in [0.15, 0.2) is 261 Å². The topological polar surface area (TPSA) is 3.24 Å². The maximum Gasteiger partial charge on any atom is 0.0725 e. The van der Waals surface area contributed by atoms with Gasteiger partial charge in [-0.3, -0.25) is 0 Å². The third kappa shape index (κ3) is 6.06. The second-order valence-corrected chi connectivity index (χ2v) is 19.9. The standard InChI is InChI=1S/C70H49N/c1-69(2)60-28-12-9-22-57(60)66-55(25-15-31-63(66)69)49-36-42-52(43-37-49)71(51-40-34-47(35-41-51)46-18-5-3-6-19-46)53-44-38-50(39-45-53)56-27-17-33-65-68(56)59-24-11-14-30-62(59)70(65)61-29-13-10-23-58(61)67-54(26-16-32-64(67)70)48-20-7-4-8-21-48/h3-45H,1-2H3. The zero-order valence-electron chi connectivity index (χ0n) is 39.8. The Labute approximate surface area is 416 Å². The van der Waals surface area contributed by atoms with E-state index in [-0.39, 0.29) is 5.41 Å². The maximum atomic E-state index is 2.40. The van der Waals surface area contributed by atoms with Gasteiger partial charge >= 0.3 is 0 Å². The molecule has 0 radical (unpaired) electrons. The molecule has 3 aliphatic rings. The highest BCUT2D eigenvalue weighted by Gasteiger charge is 2.52. The predicted molar refractivity (Wildman–Crippen MR) is 297 cm³/mol. The van der Waals surface area contributed by atoms with Crippen LogP contribution in [0.4, 0.5) is 17.1 Å². The zero-order valence-corrected chi connectivity index (χ0v) is 39.8. The van der Waals surface area contributed by atoms with Gasteiger partial charge in [-0.15, -0.1) is 0 Å². The first-order chi connectivity index (χ1) is 35.0. The summed E-state index contributed by atoms with van der Waals surface area (Å²) in [5, 5.41) is 0. The Morgan fingerprint density at radius 3 is 0.986 bits per heavy atom. The number of hydrogen-bond donors (Lipinski definition) is 0. The minimum atomic E-state index is -0.452. The molecule has 1 nitrogen and oxygen atoms in total. The molecule has 0 saturated heterocycles. The number of anilines is 3. The first kappa shape index (κ1) is 41.2. The molecule has 11 aromatic rings. The van der Waals surface area contributed by atoms with Crippen molar-refractivity contribution in [2.75, 3.05) is 4.90 Å². The van der Waals surface area contributed by atoms with Crippen molar-refractivity contribution in [1.29, 1.82) is 0 Å². The third-order valence-electron chi connectivity index (χ3n) is 15.9. The van der Waals surface area contributed by atoms with Crippen LogP contribution in [0.2, 0.25) is 0 Å². The Balaban J connectivity index is 0.890. The first-order valence-electron chi connectivity index (χ1n) is 24.9. The second kappa shape index (κ2) is 15.9. The van der Waals surface area contributed by atoms with Crippen molar-refractivity contribution in [3.63, 3.8) is 0 Å². The molecule has 0 aliphatic heterocycles. The van der Waals surface area contributed by atoms with Crippen LogP contribution in [-0.2, 0) is 10.8 Å². The van der Waals surface area contributed by atoms with E-state index < -0.39 is 5.41 Å². The van der Waals surface area contributed by atoms with E-state index in [1.54, 1.807) is 0 Å². The van der Waals surface area contributed by atoms with E-state index in [1.165, 1.54) is 111 Å². The smallest absolute Gasteiger partial charge is 0.0725 e. The van der Waals surface area contributed by atoms with E-state index >= 15 is 0 Å². The summed E-state index contributed by atoms with van der Waals surface area (Å²) in [6.45, 7) is 4.71. The summed E-state index contributed by atoms with van der Waals surface area (Å²) in [6.07, 6.45) is 0. The molecule has 0 amide bonds. The molecule has 71 heavy (non-hydrogen) atoms. The van der Waals surface area contributed by atoms with Gasteiger partial charge in [0.15, 0.2) is 0 Å². The zero-order chi connectivity index (χ0) is 47.3. The highest BCUT2D eigenvalue weighted by molar-refractivity contribution is 6.03. The number of nitrogens with zero attached hydrogens (tertiary/aromatic N) is 1. The molecule has 1 unspecified atom stereocenters. The first-order valence-corrected chi connectivity index (χ1v) is 24.9. The van der Waals surface area contributed by atoms with Gasteiger partial charge in [-0.05, 0) is 148 Å². The van der Waals surface area contributed by atoms with E-state index in [1.807, 2.05) is 0 Å². The molecule has 1 heteroatoms. The van der Waals surface area contributed by atoms with Crippen molar-refractivity contribution < 1.29 is 0 Å². The van der Waals surface area contributed by atoms with Crippen LogP contribution in [0.5, 0.6) is 0 Å². The quantitative estimate of drug-likeness (QED) is 0.154. The average molecular weight is 904 g/mol. The van der Waals surface area contributed by atoms with Gasteiger partial charge < -0.3 is 4.90 Å². The summed E-state index contributed by atoms with van der Waals surface area (Å²) >= 11 is 0. The summed E-state index contributed by atoms with van der Waals surface area (Å²) in [5.41, 5.74) is 28.7. The number of fused-ring (bicyclic) bond motifs is 13. The SMILES string of the molecule is CC1(C)c2ccccc2-c2c(-c3ccc(N(c4ccc(-c5ccccc5)cc4)c4ccc(-c5cccc6c5-c5ccccc5C65c6ccccc6-c6c(-c7ccccc7)cccc65)cc4)cc3)cccc21. The molecule has 1 atom stereocenters. The Morgan fingerprint density at radius 1 is 0.225 bits per heavy atom. The second-order valence-electron chi connectivity index (χ2n) is 19.9. The lowest BCUT2D eigenvalue weighted by Crippen LogP contribution is -2.25. The van der Waals surface area contributed by atoms with Gasteiger partial charge in [-0.25, -0.2) is 0 Å². The molecule has 0 heterocycles. The Morgan fingerprint density at radius 2 is 0.521 bits per heavy atom. The highest BCUT2D eigenvalue weighted by Crippen LogP contribution is 2.65. The van der Waals surface area contributed by atoms with Gasteiger partial charge in [0.2, 0.25) is 0 Å². The van der Waals surface area contributed by atoms with Crippen LogP contribution in [0.1, 0.15) is 47.2 Å². The van der Waals surface area contributed by atoms with E-state index in [0.29, 0.717) is 0 Å². The van der Waals surface area contributed by atoms with Gasteiger partial charge in [-0.1, -0.05) is 238 Å². The van der Waals surface area contributed by atoms with Crippen molar-refractivity contribution in [3.8, 4) is 77.9 Å². The molecular formula is C70H49N. The summed E-state index contributed by atoms with van der Waals surface area (Å²) in [5.74, 6) is 0. The summed E-state index contributed by atoms with van der Waals surface area (Å²) in [6, 6.07) is 97.0. The monoisotopic (exact) mass is 903 g/mol. The van der Waals surface area contributed by atoms with Crippen molar-refractivity contribution in [3.05, 3.63) is 294 Å². The van der Waals surface area contributed by atoms with Crippen molar-refractivity contribution in [1.82, 2.24) is 0 Å². The van der Waals surface area contributed by atoms with Crippen LogP contribution in [0.3, 0.4) is 0 Å². The normalized spacial score (nSPS) is 15.1.